The SMILES string of the molecule is Cc1cc(-c2nc3c(c(=O)n2CC(=O)NCc2cc4cnccc4s2)N[C@H](c2ccc(F)cc2)CC3)cnc1F. The second-order valence-electron chi connectivity index (χ2n) is 9.67. The van der Waals surface area contributed by atoms with Crippen LogP contribution in [-0.4, -0.2) is 25.4 Å². The van der Waals surface area contributed by atoms with Crippen LogP contribution in [0.15, 0.2) is 65.8 Å². The van der Waals surface area contributed by atoms with Crippen molar-refractivity contribution in [3.8, 4) is 11.4 Å². The Morgan fingerprint density at radius 2 is 2.00 bits per heavy atom. The molecule has 11 heteroatoms. The minimum atomic E-state index is -0.615. The smallest absolute Gasteiger partial charge is 0.277 e. The molecule has 6 rings (SSSR count). The summed E-state index contributed by atoms with van der Waals surface area (Å²) in [6, 6.07) is 11.4. The number of anilines is 1. The van der Waals surface area contributed by atoms with Crippen LogP contribution in [0.25, 0.3) is 21.5 Å². The van der Waals surface area contributed by atoms with E-state index in [1.807, 2.05) is 12.1 Å². The van der Waals surface area contributed by atoms with Gasteiger partial charge in [0.1, 0.15) is 23.9 Å². The van der Waals surface area contributed by atoms with Crippen LogP contribution < -0.4 is 16.2 Å². The van der Waals surface area contributed by atoms with E-state index in [9.17, 15) is 18.4 Å². The molecule has 1 aromatic carbocycles. The Bertz CT molecular complexity index is 1770. The maximum Gasteiger partial charge on any atom is 0.277 e. The fraction of sp³-hybridized carbons (Fsp3) is 0.207. The summed E-state index contributed by atoms with van der Waals surface area (Å²) in [5.74, 6) is -1.09. The summed E-state index contributed by atoms with van der Waals surface area (Å²) in [6.45, 7) is 1.58. The van der Waals surface area contributed by atoms with Gasteiger partial charge in [-0.15, -0.1) is 11.3 Å². The Hall–Kier alpha value is -4.51. The number of benzene rings is 1. The maximum absolute atomic E-state index is 13.9. The number of carbonyl (C=O) groups is 1. The Kier molecular flexibility index (Phi) is 6.81. The molecule has 202 valence electrons. The summed E-state index contributed by atoms with van der Waals surface area (Å²) < 4.78 is 29.8. The zero-order valence-corrected chi connectivity index (χ0v) is 22.3. The summed E-state index contributed by atoms with van der Waals surface area (Å²) in [7, 11) is 0. The number of fused-ring (bicyclic) bond motifs is 2. The number of thiophene rings is 1. The van der Waals surface area contributed by atoms with Gasteiger partial charge in [-0.25, -0.2) is 14.4 Å². The number of aryl methyl sites for hydroxylation is 2. The van der Waals surface area contributed by atoms with E-state index in [2.05, 4.69) is 20.6 Å². The molecule has 0 saturated heterocycles. The van der Waals surface area contributed by atoms with Crippen molar-refractivity contribution in [2.24, 2.45) is 0 Å². The van der Waals surface area contributed by atoms with E-state index in [4.69, 9.17) is 4.98 Å². The van der Waals surface area contributed by atoms with Gasteiger partial charge in [0.15, 0.2) is 0 Å². The van der Waals surface area contributed by atoms with Crippen molar-refractivity contribution in [2.45, 2.75) is 38.9 Å². The molecule has 1 atom stereocenters. The molecule has 0 saturated carbocycles. The lowest BCUT2D eigenvalue weighted by molar-refractivity contribution is -0.121. The molecular formula is C29H24F2N6O2S. The number of hydrogen-bond donors (Lipinski definition) is 2. The summed E-state index contributed by atoms with van der Waals surface area (Å²) in [4.78, 5) is 40.6. The van der Waals surface area contributed by atoms with E-state index in [1.165, 1.54) is 22.9 Å². The molecule has 0 unspecified atom stereocenters. The van der Waals surface area contributed by atoms with Gasteiger partial charge in [0.2, 0.25) is 11.9 Å². The zero-order chi connectivity index (χ0) is 27.8. The monoisotopic (exact) mass is 558 g/mol. The summed E-state index contributed by atoms with van der Waals surface area (Å²) in [5.41, 5.74) is 2.00. The molecular weight excluding hydrogens is 534 g/mol. The number of amides is 1. The Balaban J connectivity index is 1.32. The van der Waals surface area contributed by atoms with E-state index in [0.29, 0.717) is 41.9 Å². The van der Waals surface area contributed by atoms with Crippen molar-refractivity contribution in [2.75, 3.05) is 5.32 Å². The van der Waals surface area contributed by atoms with Gasteiger partial charge in [-0.05, 0) is 55.7 Å². The van der Waals surface area contributed by atoms with Crippen LogP contribution in [0.4, 0.5) is 14.5 Å². The second kappa shape index (κ2) is 10.6. The molecule has 4 aromatic heterocycles. The normalized spacial score (nSPS) is 14.5. The second-order valence-corrected chi connectivity index (χ2v) is 10.8. The third-order valence-electron chi connectivity index (χ3n) is 6.91. The molecule has 1 amide bonds. The van der Waals surface area contributed by atoms with Gasteiger partial charge in [0.05, 0.1) is 18.3 Å². The number of hydrogen-bond acceptors (Lipinski definition) is 7. The average Bonchev–Trinajstić information content (AvgIpc) is 3.38. The van der Waals surface area contributed by atoms with Crippen molar-refractivity contribution in [3.63, 3.8) is 0 Å². The van der Waals surface area contributed by atoms with Gasteiger partial charge < -0.3 is 10.6 Å². The fourth-order valence-electron chi connectivity index (χ4n) is 4.86. The highest BCUT2D eigenvalue weighted by Gasteiger charge is 2.27. The molecule has 0 spiro atoms. The fourth-order valence-corrected chi connectivity index (χ4v) is 5.83. The van der Waals surface area contributed by atoms with Gasteiger partial charge in [0, 0.05) is 44.7 Å². The number of carbonyl (C=O) groups excluding carboxylic acids is 1. The van der Waals surface area contributed by atoms with E-state index < -0.39 is 11.5 Å². The lowest BCUT2D eigenvalue weighted by Gasteiger charge is -2.28. The Morgan fingerprint density at radius 1 is 1.18 bits per heavy atom. The third kappa shape index (κ3) is 5.07. The summed E-state index contributed by atoms with van der Waals surface area (Å²) in [6.07, 6.45) is 5.94. The summed E-state index contributed by atoms with van der Waals surface area (Å²) in [5, 5.41) is 7.14. The van der Waals surface area contributed by atoms with Crippen LogP contribution in [0, 0.1) is 18.7 Å². The predicted octanol–water partition coefficient (Wildman–Crippen LogP) is 4.92. The Labute approximate surface area is 231 Å². The van der Waals surface area contributed by atoms with Crippen molar-refractivity contribution < 1.29 is 13.6 Å². The first-order valence-corrected chi connectivity index (χ1v) is 13.5. The topological polar surface area (TPSA) is 102 Å². The van der Waals surface area contributed by atoms with Crippen molar-refractivity contribution in [3.05, 3.63) is 105 Å². The number of nitrogens with one attached hydrogen (secondary N) is 2. The van der Waals surface area contributed by atoms with Gasteiger partial charge in [-0.1, -0.05) is 12.1 Å². The molecule has 1 aliphatic rings. The maximum atomic E-state index is 13.9. The molecule has 0 radical (unpaired) electrons. The molecule has 2 N–H and O–H groups in total. The number of halogens is 2. The standard InChI is InChI=1S/C29H24F2N6O2S/c1-16-10-19(13-34-27(16)31)28-36-23-7-6-22(17-2-4-20(30)5-3-17)35-26(23)29(39)37(28)15-25(38)33-14-21-11-18-12-32-9-8-24(18)40-21/h2-5,8-13,22,35H,6-7,14-15H2,1H3,(H,33,38)/t22-/m0/s1. The lowest BCUT2D eigenvalue weighted by atomic mass is 9.96. The highest BCUT2D eigenvalue weighted by Crippen LogP contribution is 2.31. The van der Waals surface area contributed by atoms with E-state index in [0.717, 1.165) is 20.5 Å². The summed E-state index contributed by atoms with van der Waals surface area (Å²) >= 11 is 1.56. The van der Waals surface area contributed by atoms with Gasteiger partial charge in [-0.3, -0.25) is 19.1 Å². The molecule has 8 nitrogen and oxygen atoms in total. The van der Waals surface area contributed by atoms with Crippen LogP contribution in [-0.2, 0) is 24.3 Å². The van der Waals surface area contributed by atoms with Gasteiger partial charge in [0.25, 0.3) is 5.56 Å². The number of rotatable bonds is 6. The molecule has 0 fully saturated rings. The van der Waals surface area contributed by atoms with E-state index in [-0.39, 0.29) is 30.1 Å². The quantitative estimate of drug-likeness (QED) is 0.287. The molecule has 5 heterocycles. The van der Waals surface area contributed by atoms with Gasteiger partial charge >= 0.3 is 0 Å². The third-order valence-corrected chi connectivity index (χ3v) is 8.02. The first kappa shape index (κ1) is 25.8. The van der Waals surface area contributed by atoms with Crippen molar-refractivity contribution in [1.29, 1.82) is 0 Å². The van der Waals surface area contributed by atoms with E-state index in [1.54, 1.807) is 48.9 Å². The molecule has 0 bridgehead atoms. The zero-order valence-electron chi connectivity index (χ0n) is 21.4. The first-order valence-electron chi connectivity index (χ1n) is 12.7. The molecule has 5 aromatic rings. The highest BCUT2D eigenvalue weighted by molar-refractivity contribution is 7.19. The number of nitrogens with zero attached hydrogens (tertiary/aromatic N) is 4. The van der Waals surface area contributed by atoms with Crippen molar-refractivity contribution >= 4 is 33.0 Å². The van der Waals surface area contributed by atoms with E-state index >= 15 is 0 Å². The van der Waals surface area contributed by atoms with Crippen LogP contribution in [0.1, 0.15) is 34.2 Å². The minimum absolute atomic E-state index is 0.215. The van der Waals surface area contributed by atoms with Crippen LogP contribution in [0.3, 0.4) is 0 Å². The van der Waals surface area contributed by atoms with Crippen LogP contribution in [0.5, 0.6) is 0 Å². The van der Waals surface area contributed by atoms with Crippen LogP contribution in [0.2, 0.25) is 0 Å². The first-order chi connectivity index (χ1) is 19.4. The largest absolute Gasteiger partial charge is 0.372 e. The average molecular weight is 559 g/mol. The predicted molar refractivity (Wildman–Crippen MR) is 149 cm³/mol. The highest BCUT2D eigenvalue weighted by atomic mass is 32.1. The van der Waals surface area contributed by atoms with Gasteiger partial charge in [-0.2, -0.15) is 4.39 Å². The molecule has 0 aliphatic carbocycles. The minimum Gasteiger partial charge on any atom is -0.372 e. The molecule has 1 aliphatic heterocycles. The number of pyridine rings is 2. The van der Waals surface area contributed by atoms with Crippen LogP contribution >= 0.6 is 11.3 Å². The molecule has 40 heavy (non-hydrogen) atoms. The van der Waals surface area contributed by atoms with Crippen molar-refractivity contribution in [1.82, 2.24) is 24.8 Å². The Morgan fingerprint density at radius 3 is 2.77 bits per heavy atom. The number of aromatic nitrogens is 4. The lowest BCUT2D eigenvalue weighted by Crippen LogP contribution is -2.36.